The van der Waals surface area contributed by atoms with Gasteiger partial charge in [-0.25, -0.2) is 0 Å². The predicted molar refractivity (Wildman–Crippen MR) is 116 cm³/mol. The van der Waals surface area contributed by atoms with Crippen LogP contribution in [0.15, 0.2) is 65.2 Å². The monoisotopic (exact) mass is 431 g/mol. The molecule has 0 atom stereocenters. The second-order valence-electron chi connectivity index (χ2n) is 7.06. The van der Waals surface area contributed by atoms with Crippen molar-refractivity contribution in [3.8, 4) is 17.0 Å². The zero-order chi connectivity index (χ0) is 22.5. The number of nitrogens with zero attached hydrogens (tertiary/aromatic N) is 2. The summed E-state index contributed by atoms with van der Waals surface area (Å²) in [6.45, 7) is 3.99. The predicted octanol–water partition coefficient (Wildman–Crippen LogP) is 3.34. The third-order valence-electron chi connectivity index (χ3n) is 4.86. The Bertz CT molecular complexity index is 1210. The number of carbonyl (C=O) groups excluding carboxylic acids is 2. The van der Waals surface area contributed by atoms with E-state index in [0.29, 0.717) is 29.4 Å². The summed E-state index contributed by atoms with van der Waals surface area (Å²) in [5.41, 5.74) is 8.54. The van der Waals surface area contributed by atoms with Crippen LogP contribution in [0.3, 0.4) is 0 Å². The molecule has 0 unspecified atom stereocenters. The first-order valence-corrected chi connectivity index (χ1v) is 9.87. The number of aromatic nitrogens is 3. The molecule has 2 amide bonds. The smallest absolute Gasteiger partial charge is 0.287 e. The number of H-pyrrole nitrogens is 1. The molecular formula is C23H21N5O4. The second kappa shape index (κ2) is 9.17. The zero-order valence-corrected chi connectivity index (χ0v) is 17.5. The molecular weight excluding hydrogens is 410 g/mol. The fraction of sp³-hybridized carbons (Fsp3) is 0.130. The summed E-state index contributed by atoms with van der Waals surface area (Å²) in [5, 5.41) is 10.7. The Morgan fingerprint density at radius 3 is 2.41 bits per heavy atom. The molecule has 0 aliphatic heterocycles. The minimum Gasteiger partial charge on any atom is -0.489 e. The Kier molecular flexibility index (Phi) is 5.98. The highest BCUT2D eigenvalue weighted by molar-refractivity contribution is 5.98. The van der Waals surface area contributed by atoms with Gasteiger partial charge in [-0.05, 0) is 44.2 Å². The average Bonchev–Trinajstić information content (AvgIpc) is 3.44. The first-order chi connectivity index (χ1) is 15.5. The lowest BCUT2D eigenvalue weighted by Crippen LogP contribution is -2.41. The summed E-state index contributed by atoms with van der Waals surface area (Å²) < 4.78 is 10.8. The molecule has 4 rings (SSSR count). The molecule has 2 aromatic carbocycles. The van der Waals surface area contributed by atoms with E-state index in [4.69, 9.17) is 9.26 Å². The maximum Gasteiger partial charge on any atom is 0.287 e. The van der Waals surface area contributed by atoms with Crippen molar-refractivity contribution < 1.29 is 18.8 Å². The normalized spacial score (nSPS) is 10.6. The number of carbonyl (C=O) groups is 2. The fourth-order valence-electron chi connectivity index (χ4n) is 3.01. The Morgan fingerprint density at radius 1 is 1.00 bits per heavy atom. The molecule has 2 aromatic heterocycles. The summed E-state index contributed by atoms with van der Waals surface area (Å²) >= 11 is 0. The first-order valence-electron chi connectivity index (χ1n) is 9.87. The molecule has 0 saturated carbocycles. The SMILES string of the molecule is Cc1noc(C)c1COc1ccc(C(=O)NNC(=O)c2cc(-c3ccccc3)n[nH]2)cc1. The van der Waals surface area contributed by atoms with E-state index >= 15 is 0 Å². The summed E-state index contributed by atoms with van der Waals surface area (Å²) in [5.74, 6) is 0.338. The number of aryl methyl sites for hydroxylation is 2. The number of benzene rings is 2. The highest BCUT2D eigenvalue weighted by Gasteiger charge is 2.13. The van der Waals surface area contributed by atoms with Gasteiger partial charge in [-0.1, -0.05) is 35.5 Å². The number of hydrazine groups is 1. The van der Waals surface area contributed by atoms with Crippen LogP contribution < -0.4 is 15.6 Å². The van der Waals surface area contributed by atoms with Gasteiger partial charge in [-0.3, -0.25) is 25.5 Å². The molecule has 4 aromatic rings. The van der Waals surface area contributed by atoms with Gasteiger partial charge in [0, 0.05) is 11.1 Å². The van der Waals surface area contributed by atoms with Gasteiger partial charge in [0.25, 0.3) is 11.8 Å². The van der Waals surface area contributed by atoms with Crippen LogP contribution in [-0.4, -0.2) is 27.2 Å². The van der Waals surface area contributed by atoms with E-state index in [2.05, 4.69) is 26.2 Å². The number of nitrogens with one attached hydrogen (secondary N) is 3. The Balaban J connectivity index is 1.30. The maximum absolute atomic E-state index is 12.3. The third-order valence-corrected chi connectivity index (χ3v) is 4.86. The van der Waals surface area contributed by atoms with E-state index in [9.17, 15) is 9.59 Å². The van der Waals surface area contributed by atoms with Crippen LogP contribution in [0.25, 0.3) is 11.3 Å². The molecule has 162 valence electrons. The van der Waals surface area contributed by atoms with Crippen molar-refractivity contribution in [1.82, 2.24) is 26.2 Å². The lowest BCUT2D eigenvalue weighted by Gasteiger charge is -2.08. The molecule has 0 spiro atoms. The van der Waals surface area contributed by atoms with Crippen molar-refractivity contribution in [3.05, 3.63) is 88.9 Å². The molecule has 0 radical (unpaired) electrons. The number of aromatic amines is 1. The van der Waals surface area contributed by atoms with E-state index in [1.165, 1.54) is 0 Å². The summed E-state index contributed by atoms with van der Waals surface area (Å²) in [6.07, 6.45) is 0. The van der Waals surface area contributed by atoms with E-state index in [1.54, 1.807) is 30.3 Å². The molecule has 9 heteroatoms. The Labute approximate surface area is 183 Å². The minimum absolute atomic E-state index is 0.229. The summed E-state index contributed by atoms with van der Waals surface area (Å²) in [6, 6.07) is 17.6. The standard InChI is InChI=1S/C23H21N5O4/c1-14-19(15(2)32-28-14)13-31-18-10-8-17(9-11-18)22(29)26-27-23(30)21-12-20(24-25-21)16-6-4-3-5-7-16/h3-12H,13H2,1-2H3,(H,24,25)(H,26,29)(H,27,30). The van der Waals surface area contributed by atoms with Gasteiger partial charge in [0.2, 0.25) is 0 Å². The molecule has 2 heterocycles. The molecule has 32 heavy (non-hydrogen) atoms. The van der Waals surface area contributed by atoms with Crippen molar-refractivity contribution >= 4 is 11.8 Å². The van der Waals surface area contributed by atoms with Gasteiger partial charge in [-0.15, -0.1) is 0 Å². The molecule has 3 N–H and O–H groups in total. The van der Waals surface area contributed by atoms with Crippen LogP contribution in [0.4, 0.5) is 0 Å². The first kappa shape index (κ1) is 20.9. The van der Waals surface area contributed by atoms with E-state index < -0.39 is 11.8 Å². The van der Waals surface area contributed by atoms with E-state index in [-0.39, 0.29) is 5.69 Å². The van der Waals surface area contributed by atoms with E-state index in [0.717, 1.165) is 16.8 Å². The highest BCUT2D eigenvalue weighted by atomic mass is 16.5. The summed E-state index contributed by atoms with van der Waals surface area (Å²) in [4.78, 5) is 24.6. The molecule has 0 bridgehead atoms. The van der Waals surface area contributed by atoms with E-state index in [1.807, 2.05) is 44.2 Å². The number of hydrogen-bond acceptors (Lipinski definition) is 6. The largest absolute Gasteiger partial charge is 0.489 e. The lowest BCUT2D eigenvalue weighted by molar-refractivity contribution is 0.0844. The van der Waals surface area contributed by atoms with Gasteiger partial charge in [0.05, 0.1) is 17.0 Å². The molecule has 0 fully saturated rings. The second-order valence-corrected chi connectivity index (χ2v) is 7.06. The molecule has 0 aliphatic rings. The average molecular weight is 431 g/mol. The fourth-order valence-corrected chi connectivity index (χ4v) is 3.01. The highest BCUT2D eigenvalue weighted by Crippen LogP contribution is 2.18. The van der Waals surface area contributed by atoms with Crippen LogP contribution in [0.5, 0.6) is 5.75 Å². The molecule has 0 aliphatic carbocycles. The molecule has 9 nitrogen and oxygen atoms in total. The van der Waals surface area contributed by atoms with Crippen LogP contribution in [0.2, 0.25) is 0 Å². The number of hydrogen-bond donors (Lipinski definition) is 3. The number of ether oxygens (including phenoxy) is 1. The number of rotatable bonds is 6. The Hall–Kier alpha value is -4.40. The Morgan fingerprint density at radius 2 is 1.72 bits per heavy atom. The van der Waals surface area contributed by atoms with Gasteiger partial charge in [0.15, 0.2) is 0 Å². The van der Waals surface area contributed by atoms with Crippen LogP contribution in [-0.2, 0) is 6.61 Å². The van der Waals surface area contributed by atoms with Crippen molar-refractivity contribution in [1.29, 1.82) is 0 Å². The number of amides is 2. The topological polar surface area (TPSA) is 122 Å². The van der Waals surface area contributed by atoms with Gasteiger partial charge in [0.1, 0.15) is 23.8 Å². The van der Waals surface area contributed by atoms with Crippen LogP contribution in [0.1, 0.15) is 37.9 Å². The van der Waals surface area contributed by atoms with Crippen molar-refractivity contribution in [2.45, 2.75) is 20.5 Å². The van der Waals surface area contributed by atoms with Crippen molar-refractivity contribution in [2.75, 3.05) is 0 Å². The molecule has 0 saturated heterocycles. The van der Waals surface area contributed by atoms with Crippen molar-refractivity contribution in [2.24, 2.45) is 0 Å². The van der Waals surface area contributed by atoms with Crippen molar-refractivity contribution in [3.63, 3.8) is 0 Å². The van der Waals surface area contributed by atoms with Gasteiger partial charge < -0.3 is 9.26 Å². The maximum atomic E-state index is 12.3. The van der Waals surface area contributed by atoms with Gasteiger partial charge >= 0.3 is 0 Å². The lowest BCUT2D eigenvalue weighted by atomic mass is 10.1. The quantitative estimate of drug-likeness (QED) is 0.403. The van der Waals surface area contributed by atoms with Crippen LogP contribution >= 0.6 is 0 Å². The van der Waals surface area contributed by atoms with Crippen LogP contribution in [0, 0.1) is 13.8 Å². The van der Waals surface area contributed by atoms with Gasteiger partial charge in [-0.2, -0.15) is 5.10 Å². The third kappa shape index (κ3) is 4.67. The minimum atomic E-state index is -0.507. The zero-order valence-electron chi connectivity index (χ0n) is 17.5. The summed E-state index contributed by atoms with van der Waals surface area (Å²) in [7, 11) is 0.